The van der Waals surface area contributed by atoms with E-state index in [0.29, 0.717) is 13.0 Å². The highest BCUT2D eigenvalue weighted by atomic mass is 16.7. The highest BCUT2D eigenvalue weighted by molar-refractivity contribution is 5.92. The molecule has 4 aliphatic heterocycles. The molecular weight excluding hydrogens is 428 g/mol. The summed E-state index contributed by atoms with van der Waals surface area (Å²) in [4.78, 5) is 38.1. The fourth-order valence-electron chi connectivity index (χ4n) is 8.24. The van der Waals surface area contributed by atoms with E-state index in [-0.39, 0.29) is 54.6 Å². The van der Waals surface area contributed by atoms with Gasteiger partial charge < -0.3 is 23.4 Å². The molecule has 8 unspecified atom stereocenters. The number of Topliss-reactive ketones (excluding diaryl/α,β-unsaturated/α-hetero) is 1. The topological polar surface area (TPSA) is 105 Å². The molecule has 8 heteroatoms. The van der Waals surface area contributed by atoms with Crippen molar-refractivity contribution in [1.29, 1.82) is 0 Å². The largest absolute Gasteiger partial charge is 0.473 e. The molecule has 4 saturated heterocycles. The smallest absolute Gasteiger partial charge is 0.338 e. The second-order valence-electron chi connectivity index (χ2n) is 11.1. The Kier molecular flexibility index (Phi) is 4.33. The Morgan fingerprint density at radius 1 is 0.909 bits per heavy atom. The van der Waals surface area contributed by atoms with E-state index in [1.165, 1.54) is 0 Å². The molecule has 178 valence electrons. The average Bonchev–Trinajstić information content (AvgIpc) is 3.15. The molecular formula is C25H30O8. The third-order valence-corrected chi connectivity index (χ3v) is 9.62. The number of carbonyl (C=O) groups is 3. The van der Waals surface area contributed by atoms with Crippen LogP contribution in [0.15, 0.2) is 29.1 Å². The van der Waals surface area contributed by atoms with E-state index in [1.54, 1.807) is 12.5 Å². The summed E-state index contributed by atoms with van der Waals surface area (Å²) < 4.78 is 28.0. The van der Waals surface area contributed by atoms with Crippen LogP contribution >= 0.6 is 0 Å². The van der Waals surface area contributed by atoms with Gasteiger partial charge >= 0.3 is 11.9 Å². The molecule has 5 heterocycles. The monoisotopic (exact) mass is 458 g/mol. The Morgan fingerprint density at radius 3 is 2.36 bits per heavy atom. The molecule has 1 aromatic rings. The van der Waals surface area contributed by atoms with E-state index in [2.05, 4.69) is 4.42 Å². The van der Waals surface area contributed by atoms with E-state index < -0.39 is 28.1 Å². The predicted octanol–water partition coefficient (Wildman–Crippen LogP) is 2.69. The summed E-state index contributed by atoms with van der Waals surface area (Å²) in [7, 11) is 0. The molecule has 6 fully saturated rings. The molecule has 0 aromatic carbocycles. The number of hydrogen-bond donors (Lipinski definition) is 0. The molecule has 0 N–H and O–H groups in total. The molecule has 2 spiro atoms. The average molecular weight is 459 g/mol. The number of carbonyl (C=O) groups excluding carboxylic acids is 3. The second-order valence-corrected chi connectivity index (χ2v) is 11.1. The van der Waals surface area contributed by atoms with Crippen molar-refractivity contribution in [2.45, 2.75) is 69.9 Å². The maximum atomic E-state index is 13.7. The number of rotatable bonds is 0. The van der Waals surface area contributed by atoms with Crippen molar-refractivity contribution in [3.8, 4) is 0 Å². The minimum atomic E-state index is -0.789. The van der Waals surface area contributed by atoms with Crippen LogP contribution in [0.25, 0.3) is 0 Å². The van der Waals surface area contributed by atoms with Gasteiger partial charge in [0.05, 0.1) is 42.7 Å². The Labute approximate surface area is 192 Å². The van der Waals surface area contributed by atoms with Crippen LogP contribution in [0.5, 0.6) is 0 Å². The van der Waals surface area contributed by atoms with Crippen molar-refractivity contribution in [3.63, 3.8) is 0 Å². The maximum absolute atomic E-state index is 13.7. The van der Waals surface area contributed by atoms with Crippen LogP contribution in [-0.4, -0.2) is 54.3 Å². The first-order chi connectivity index (χ1) is 15.7. The number of ether oxygens (including phenoxy) is 4. The first-order valence-corrected chi connectivity index (χ1v) is 11.9. The van der Waals surface area contributed by atoms with Gasteiger partial charge in [-0.15, -0.1) is 0 Å². The Bertz CT molecular complexity index is 983. The van der Waals surface area contributed by atoms with Gasteiger partial charge in [-0.3, -0.25) is 9.59 Å². The lowest BCUT2D eigenvalue weighted by molar-refractivity contribution is -0.204. The van der Waals surface area contributed by atoms with Crippen LogP contribution in [0.1, 0.15) is 46.5 Å². The molecule has 33 heavy (non-hydrogen) atoms. The van der Waals surface area contributed by atoms with E-state index in [9.17, 15) is 14.4 Å². The van der Waals surface area contributed by atoms with Crippen LogP contribution < -0.4 is 0 Å². The highest BCUT2D eigenvalue weighted by Crippen LogP contribution is 2.74. The maximum Gasteiger partial charge on any atom is 0.338 e. The number of ketones is 1. The number of esters is 2. The Morgan fingerprint density at radius 2 is 1.67 bits per heavy atom. The van der Waals surface area contributed by atoms with Crippen molar-refractivity contribution < 1.29 is 37.7 Å². The summed E-state index contributed by atoms with van der Waals surface area (Å²) in [6.45, 7) is 6.65. The van der Waals surface area contributed by atoms with Crippen molar-refractivity contribution in [2.24, 2.45) is 28.6 Å². The van der Waals surface area contributed by atoms with Crippen molar-refractivity contribution in [2.75, 3.05) is 13.2 Å². The van der Waals surface area contributed by atoms with Gasteiger partial charge in [-0.1, -0.05) is 0 Å². The highest BCUT2D eigenvalue weighted by Gasteiger charge is 2.85. The Balaban J connectivity index is 0.000000368. The molecule has 7 rings (SSSR count). The fourth-order valence-corrected chi connectivity index (χ4v) is 8.24. The standard InChI is InChI=1S/C21H26O7.C4H4O/c1-18(2)12-6-13(22)19(3)11(20(12)9-26-15(23)7-14(20)27-18)5-4-10-8-25-17(24)16-21(10,19)28-16;1-2-4-5-3-1/h10-12,14,16H,4-9H2,1-3H3;1-4H. The molecule has 2 aliphatic carbocycles. The Hall–Kier alpha value is -2.19. The van der Waals surface area contributed by atoms with E-state index >= 15 is 0 Å². The van der Waals surface area contributed by atoms with Crippen LogP contribution in [-0.2, 0) is 33.3 Å². The van der Waals surface area contributed by atoms with Crippen molar-refractivity contribution in [1.82, 2.24) is 0 Å². The number of hydrogen-bond acceptors (Lipinski definition) is 8. The summed E-state index contributed by atoms with van der Waals surface area (Å²) in [5.74, 6) is -0.431. The zero-order valence-electron chi connectivity index (χ0n) is 19.2. The normalized spacial score (nSPS) is 48.5. The second kappa shape index (κ2) is 6.69. The summed E-state index contributed by atoms with van der Waals surface area (Å²) in [5.41, 5.74) is -2.46. The lowest BCUT2D eigenvalue weighted by Crippen LogP contribution is -2.70. The lowest BCUT2D eigenvalue weighted by atomic mass is 9.40. The summed E-state index contributed by atoms with van der Waals surface area (Å²) in [6, 6.07) is 3.67. The SMILES string of the molecule is CC1(C)OC2CC(=O)OCC23C1CC(=O)C1(C)C3CCC2COC(=O)C3OC231.c1ccoc1. The third-order valence-electron chi connectivity index (χ3n) is 9.62. The molecule has 8 nitrogen and oxygen atoms in total. The van der Waals surface area contributed by atoms with E-state index in [4.69, 9.17) is 18.9 Å². The first kappa shape index (κ1) is 21.4. The van der Waals surface area contributed by atoms with Crippen molar-refractivity contribution >= 4 is 17.7 Å². The third kappa shape index (κ3) is 2.51. The molecule has 2 saturated carbocycles. The zero-order chi connectivity index (χ0) is 23.2. The van der Waals surface area contributed by atoms with E-state index in [0.717, 1.165) is 12.8 Å². The van der Waals surface area contributed by atoms with Gasteiger partial charge in [0.15, 0.2) is 6.10 Å². The minimum Gasteiger partial charge on any atom is -0.473 e. The summed E-state index contributed by atoms with van der Waals surface area (Å²) >= 11 is 0. The number of fused-ring (bicyclic) bond motifs is 1. The lowest BCUT2D eigenvalue weighted by Gasteiger charge is -2.61. The van der Waals surface area contributed by atoms with Crippen LogP contribution in [0.3, 0.4) is 0 Å². The number of epoxide rings is 1. The van der Waals surface area contributed by atoms with Gasteiger partial charge in [0, 0.05) is 23.7 Å². The minimum absolute atomic E-state index is 0.00985. The summed E-state index contributed by atoms with van der Waals surface area (Å²) in [5, 5.41) is 0. The van der Waals surface area contributed by atoms with Gasteiger partial charge in [0.1, 0.15) is 18.0 Å². The number of cyclic esters (lactones) is 2. The molecule has 0 bridgehead atoms. The van der Waals surface area contributed by atoms with Gasteiger partial charge in [-0.2, -0.15) is 0 Å². The van der Waals surface area contributed by atoms with Crippen LogP contribution in [0.4, 0.5) is 0 Å². The van der Waals surface area contributed by atoms with E-state index in [1.807, 2.05) is 32.9 Å². The molecule has 0 radical (unpaired) electrons. The molecule has 1 aromatic heterocycles. The van der Waals surface area contributed by atoms with Gasteiger partial charge in [0.25, 0.3) is 0 Å². The zero-order valence-corrected chi connectivity index (χ0v) is 19.2. The molecule has 6 aliphatic rings. The molecule has 0 amide bonds. The molecule has 8 atom stereocenters. The van der Waals surface area contributed by atoms with Gasteiger partial charge in [0.2, 0.25) is 0 Å². The predicted molar refractivity (Wildman–Crippen MR) is 112 cm³/mol. The van der Waals surface area contributed by atoms with Crippen LogP contribution in [0.2, 0.25) is 0 Å². The quantitative estimate of drug-likeness (QED) is 0.432. The first-order valence-electron chi connectivity index (χ1n) is 11.9. The van der Waals surface area contributed by atoms with Gasteiger partial charge in [-0.25, -0.2) is 4.79 Å². The summed E-state index contributed by atoms with van der Waals surface area (Å²) in [6.07, 6.45) is 4.61. The fraction of sp³-hybridized carbons (Fsp3) is 0.720. The van der Waals surface area contributed by atoms with Gasteiger partial charge in [-0.05, 0) is 51.7 Å². The number of furan rings is 1. The van der Waals surface area contributed by atoms with Crippen molar-refractivity contribution in [3.05, 3.63) is 24.7 Å². The van der Waals surface area contributed by atoms with Crippen LogP contribution in [0, 0.1) is 28.6 Å².